The van der Waals surface area contributed by atoms with Crippen LogP contribution in [0.25, 0.3) is 0 Å². The fraction of sp³-hybridized carbons (Fsp3) is 0.353. The summed E-state index contributed by atoms with van der Waals surface area (Å²) >= 11 is 0. The van der Waals surface area contributed by atoms with Crippen molar-refractivity contribution < 1.29 is 4.74 Å². The topological polar surface area (TPSA) is 37.4 Å². The van der Waals surface area contributed by atoms with Crippen molar-refractivity contribution in [2.24, 2.45) is 0 Å². The number of hydrogen-bond acceptors (Lipinski definition) is 4. The van der Waals surface area contributed by atoms with E-state index in [4.69, 9.17) is 4.74 Å². The van der Waals surface area contributed by atoms with Gasteiger partial charge in [-0.25, -0.2) is 0 Å². The lowest BCUT2D eigenvalue weighted by Gasteiger charge is -2.30. The molecule has 4 heteroatoms. The van der Waals surface area contributed by atoms with E-state index in [0.717, 1.165) is 38.5 Å². The maximum atomic E-state index is 5.44. The van der Waals surface area contributed by atoms with Crippen LogP contribution in [0.15, 0.2) is 42.7 Å². The summed E-state index contributed by atoms with van der Waals surface area (Å²) < 4.78 is 5.44. The molecule has 0 radical (unpaired) electrons. The summed E-state index contributed by atoms with van der Waals surface area (Å²) in [7, 11) is 0. The van der Waals surface area contributed by atoms with E-state index < -0.39 is 0 Å². The number of morpholine rings is 1. The lowest BCUT2D eigenvalue weighted by Crippen LogP contribution is -2.36. The third kappa shape index (κ3) is 3.34. The molecule has 0 unspecified atom stereocenters. The molecule has 2 heterocycles. The summed E-state index contributed by atoms with van der Waals surface area (Å²) in [6, 6.07) is 10.6. The average Bonchev–Trinajstić information content (AvgIpc) is 2.55. The molecular weight excluding hydrogens is 262 g/mol. The molecule has 0 saturated carbocycles. The molecule has 1 N–H and O–H groups in total. The van der Waals surface area contributed by atoms with Crippen LogP contribution in [0.1, 0.15) is 11.1 Å². The molecular formula is C17H21N3O. The van der Waals surface area contributed by atoms with E-state index in [0.29, 0.717) is 0 Å². The van der Waals surface area contributed by atoms with E-state index in [-0.39, 0.29) is 0 Å². The molecule has 1 aliphatic heterocycles. The van der Waals surface area contributed by atoms with E-state index in [2.05, 4.69) is 46.4 Å². The highest BCUT2D eigenvalue weighted by atomic mass is 16.5. The minimum atomic E-state index is 0.806. The molecule has 0 bridgehead atoms. The number of para-hydroxylation sites is 1. The number of anilines is 2. The third-order valence-corrected chi connectivity index (χ3v) is 3.85. The summed E-state index contributed by atoms with van der Waals surface area (Å²) in [6.07, 6.45) is 3.70. The molecule has 1 saturated heterocycles. The van der Waals surface area contributed by atoms with Gasteiger partial charge >= 0.3 is 0 Å². The number of rotatable bonds is 4. The SMILES string of the molecule is Cc1ccncc1NCc1ccccc1N1CCOCC1. The zero-order valence-corrected chi connectivity index (χ0v) is 12.4. The number of hydrogen-bond donors (Lipinski definition) is 1. The number of aromatic nitrogens is 1. The van der Waals surface area contributed by atoms with Crippen LogP contribution in [0.3, 0.4) is 0 Å². The van der Waals surface area contributed by atoms with Gasteiger partial charge in [-0.2, -0.15) is 0 Å². The van der Waals surface area contributed by atoms with Gasteiger partial charge in [-0.1, -0.05) is 18.2 Å². The van der Waals surface area contributed by atoms with Crippen LogP contribution in [0.4, 0.5) is 11.4 Å². The zero-order chi connectivity index (χ0) is 14.5. The van der Waals surface area contributed by atoms with Gasteiger partial charge < -0.3 is 15.0 Å². The van der Waals surface area contributed by atoms with Crippen molar-refractivity contribution in [1.29, 1.82) is 0 Å². The quantitative estimate of drug-likeness (QED) is 0.936. The van der Waals surface area contributed by atoms with Crippen LogP contribution < -0.4 is 10.2 Å². The molecule has 1 aromatic heterocycles. The lowest BCUT2D eigenvalue weighted by atomic mass is 10.1. The molecule has 110 valence electrons. The fourth-order valence-corrected chi connectivity index (χ4v) is 2.61. The molecule has 21 heavy (non-hydrogen) atoms. The van der Waals surface area contributed by atoms with Crippen molar-refractivity contribution in [3.8, 4) is 0 Å². The molecule has 1 aliphatic rings. The Kier molecular flexibility index (Phi) is 4.36. The minimum Gasteiger partial charge on any atom is -0.379 e. The van der Waals surface area contributed by atoms with Crippen molar-refractivity contribution in [1.82, 2.24) is 4.98 Å². The highest BCUT2D eigenvalue weighted by Crippen LogP contribution is 2.23. The Labute approximate surface area is 125 Å². The monoisotopic (exact) mass is 283 g/mol. The average molecular weight is 283 g/mol. The van der Waals surface area contributed by atoms with Crippen molar-refractivity contribution in [3.63, 3.8) is 0 Å². The Morgan fingerprint density at radius 2 is 2.00 bits per heavy atom. The van der Waals surface area contributed by atoms with Crippen LogP contribution in [0, 0.1) is 6.92 Å². The van der Waals surface area contributed by atoms with Crippen LogP contribution in [-0.2, 0) is 11.3 Å². The van der Waals surface area contributed by atoms with E-state index in [1.165, 1.54) is 16.8 Å². The third-order valence-electron chi connectivity index (χ3n) is 3.85. The van der Waals surface area contributed by atoms with Gasteiger partial charge in [-0.3, -0.25) is 4.98 Å². The van der Waals surface area contributed by atoms with E-state index in [9.17, 15) is 0 Å². The summed E-state index contributed by atoms with van der Waals surface area (Å²) in [6.45, 7) is 6.44. The Bertz CT molecular complexity index is 594. The fourth-order valence-electron chi connectivity index (χ4n) is 2.61. The summed E-state index contributed by atoms with van der Waals surface area (Å²) in [5.41, 5.74) is 4.92. The molecule has 1 fully saturated rings. The standard InChI is InChI=1S/C17H21N3O/c1-14-6-7-18-13-16(14)19-12-15-4-2-3-5-17(15)20-8-10-21-11-9-20/h2-7,13,19H,8-12H2,1H3. The Morgan fingerprint density at radius 1 is 1.19 bits per heavy atom. The molecule has 0 atom stereocenters. The molecule has 4 nitrogen and oxygen atoms in total. The van der Waals surface area contributed by atoms with Gasteiger partial charge in [-0.15, -0.1) is 0 Å². The highest BCUT2D eigenvalue weighted by molar-refractivity contribution is 5.56. The first-order valence-electron chi connectivity index (χ1n) is 7.39. The van der Waals surface area contributed by atoms with Gasteiger partial charge in [0.05, 0.1) is 25.1 Å². The lowest BCUT2D eigenvalue weighted by molar-refractivity contribution is 0.122. The van der Waals surface area contributed by atoms with Crippen molar-refractivity contribution in [2.75, 3.05) is 36.5 Å². The number of ether oxygens (including phenoxy) is 1. The zero-order valence-electron chi connectivity index (χ0n) is 12.4. The van der Waals surface area contributed by atoms with Gasteiger partial charge in [0.25, 0.3) is 0 Å². The molecule has 3 rings (SSSR count). The van der Waals surface area contributed by atoms with Gasteiger partial charge in [-0.05, 0) is 30.2 Å². The molecule has 0 aliphatic carbocycles. The van der Waals surface area contributed by atoms with E-state index in [1.807, 2.05) is 18.5 Å². The first-order valence-corrected chi connectivity index (χ1v) is 7.39. The molecule has 1 aromatic carbocycles. The smallest absolute Gasteiger partial charge is 0.0642 e. The van der Waals surface area contributed by atoms with Gasteiger partial charge in [0.2, 0.25) is 0 Å². The number of benzene rings is 1. The summed E-state index contributed by atoms with van der Waals surface area (Å²) in [5.74, 6) is 0. The van der Waals surface area contributed by atoms with Gasteiger partial charge in [0.15, 0.2) is 0 Å². The van der Waals surface area contributed by atoms with Crippen LogP contribution >= 0.6 is 0 Å². The van der Waals surface area contributed by atoms with Crippen LogP contribution in [-0.4, -0.2) is 31.3 Å². The van der Waals surface area contributed by atoms with E-state index in [1.54, 1.807) is 0 Å². The normalized spacial score (nSPS) is 15.0. The van der Waals surface area contributed by atoms with Crippen molar-refractivity contribution in [2.45, 2.75) is 13.5 Å². The first kappa shape index (κ1) is 13.9. The van der Waals surface area contributed by atoms with E-state index >= 15 is 0 Å². The minimum absolute atomic E-state index is 0.806. The number of nitrogens with zero attached hydrogens (tertiary/aromatic N) is 2. The largest absolute Gasteiger partial charge is 0.379 e. The second-order valence-corrected chi connectivity index (χ2v) is 5.27. The number of aryl methyl sites for hydroxylation is 1. The van der Waals surface area contributed by atoms with Crippen LogP contribution in [0.5, 0.6) is 0 Å². The maximum absolute atomic E-state index is 5.44. The summed E-state index contributed by atoms with van der Waals surface area (Å²) in [4.78, 5) is 6.58. The maximum Gasteiger partial charge on any atom is 0.0642 e. The first-order chi connectivity index (χ1) is 10.3. The molecule has 0 spiro atoms. The molecule has 2 aromatic rings. The predicted molar refractivity (Wildman–Crippen MR) is 85.8 cm³/mol. The Balaban J connectivity index is 1.74. The Hall–Kier alpha value is -2.07. The predicted octanol–water partition coefficient (Wildman–Crippen LogP) is 2.84. The molecule has 0 amide bonds. The highest BCUT2D eigenvalue weighted by Gasteiger charge is 2.14. The van der Waals surface area contributed by atoms with Gasteiger partial charge in [0.1, 0.15) is 0 Å². The number of nitrogens with one attached hydrogen (secondary N) is 1. The Morgan fingerprint density at radius 3 is 2.81 bits per heavy atom. The summed E-state index contributed by atoms with van der Waals surface area (Å²) in [5, 5.41) is 3.49. The van der Waals surface area contributed by atoms with Crippen molar-refractivity contribution >= 4 is 11.4 Å². The number of pyridine rings is 1. The second kappa shape index (κ2) is 6.59. The second-order valence-electron chi connectivity index (χ2n) is 5.27. The van der Waals surface area contributed by atoms with Gasteiger partial charge in [0, 0.05) is 31.5 Å². The van der Waals surface area contributed by atoms with Crippen molar-refractivity contribution in [3.05, 3.63) is 53.9 Å². The van der Waals surface area contributed by atoms with Crippen LogP contribution in [0.2, 0.25) is 0 Å².